The van der Waals surface area contributed by atoms with Gasteiger partial charge in [-0.05, 0) is 55.0 Å². The molecule has 1 heterocycles. The second-order valence-corrected chi connectivity index (χ2v) is 9.12. The lowest BCUT2D eigenvalue weighted by molar-refractivity contribution is -0.137. The van der Waals surface area contributed by atoms with E-state index in [4.69, 9.17) is 5.73 Å². The van der Waals surface area contributed by atoms with E-state index in [0.29, 0.717) is 38.0 Å². The summed E-state index contributed by atoms with van der Waals surface area (Å²) in [5, 5.41) is 5.59. The predicted octanol–water partition coefficient (Wildman–Crippen LogP) is 2.71. The Bertz CT molecular complexity index is 973. The van der Waals surface area contributed by atoms with Gasteiger partial charge < -0.3 is 21.3 Å². The van der Waals surface area contributed by atoms with Crippen LogP contribution in [-0.4, -0.2) is 47.8 Å². The molecule has 1 fully saturated rings. The van der Waals surface area contributed by atoms with Crippen molar-refractivity contribution >= 4 is 23.4 Å². The highest BCUT2D eigenvalue weighted by Crippen LogP contribution is 2.20. The Labute approximate surface area is 199 Å². The number of hydrogen-bond acceptors (Lipinski definition) is 4. The lowest BCUT2D eigenvalue weighted by Gasteiger charge is -2.34. The van der Waals surface area contributed by atoms with Gasteiger partial charge in [0.1, 0.15) is 11.9 Å². The molecule has 0 aliphatic carbocycles. The number of likely N-dealkylation sites (tertiary alicyclic amines) is 1. The molecule has 2 atom stereocenters. The van der Waals surface area contributed by atoms with Gasteiger partial charge in [0.25, 0.3) is 0 Å². The fraction of sp³-hybridized carbons (Fsp3) is 0.423. The summed E-state index contributed by atoms with van der Waals surface area (Å²) in [5.74, 6) is -1.47. The van der Waals surface area contributed by atoms with Crippen LogP contribution in [0.3, 0.4) is 0 Å². The molecule has 34 heavy (non-hydrogen) atoms. The minimum Gasteiger partial charge on any atom is -0.344 e. The zero-order valence-corrected chi connectivity index (χ0v) is 19.7. The van der Waals surface area contributed by atoms with Crippen molar-refractivity contribution < 1.29 is 18.8 Å². The van der Waals surface area contributed by atoms with E-state index in [-0.39, 0.29) is 29.6 Å². The third kappa shape index (κ3) is 6.87. The van der Waals surface area contributed by atoms with E-state index in [1.165, 1.54) is 24.3 Å². The second kappa shape index (κ2) is 11.7. The molecule has 3 amide bonds. The maximum Gasteiger partial charge on any atom is 0.247 e. The molecule has 2 unspecified atom stereocenters. The van der Waals surface area contributed by atoms with Crippen LogP contribution in [0.2, 0.25) is 0 Å². The minimum atomic E-state index is -0.725. The van der Waals surface area contributed by atoms with E-state index in [1.807, 2.05) is 44.2 Å². The van der Waals surface area contributed by atoms with Crippen LogP contribution in [0.25, 0.3) is 0 Å². The first-order valence-electron chi connectivity index (χ1n) is 11.7. The number of halogens is 1. The summed E-state index contributed by atoms with van der Waals surface area (Å²) in [6.07, 6.45) is 1.50. The van der Waals surface area contributed by atoms with Crippen molar-refractivity contribution in [3.05, 3.63) is 66.0 Å². The molecule has 4 N–H and O–H groups in total. The third-order valence-electron chi connectivity index (χ3n) is 6.15. The Hall–Kier alpha value is -3.26. The number of nitrogens with one attached hydrogen (secondary N) is 2. The molecule has 1 aliphatic heterocycles. The molecule has 0 saturated carbocycles. The van der Waals surface area contributed by atoms with Crippen LogP contribution in [0.15, 0.2) is 54.6 Å². The number of hydrogen-bond donors (Lipinski definition) is 3. The monoisotopic (exact) mass is 468 g/mol. The predicted molar refractivity (Wildman–Crippen MR) is 129 cm³/mol. The van der Waals surface area contributed by atoms with Crippen molar-refractivity contribution in [1.29, 1.82) is 0 Å². The van der Waals surface area contributed by atoms with Gasteiger partial charge in [0.2, 0.25) is 17.7 Å². The first kappa shape index (κ1) is 25.4. The number of rotatable bonds is 8. The number of anilines is 1. The number of carbonyl (C=O) groups excluding carboxylic acids is 3. The number of carbonyl (C=O) groups is 3. The van der Waals surface area contributed by atoms with Crippen LogP contribution < -0.4 is 16.4 Å². The number of benzene rings is 2. The van der Waals surface area contributed by atoms with Crippen LogP contribution in [0.1, 0.15) is 32.3 Å². The molecule has 1 aliphatic rings. The summed E-state index contributed by atoms with van der Waals surface area (Å²) in [6, 6.07) is 13.8. The van der Waals surface area contributed by atoms with E-state index in [2.05, 4.69) is 10.6 Å². The summed E-state index contributed by atoms with van der Waals surface area (Å²) in [7, 11) is 0. The summed E-state index contributed by atoms with van der Waals surface area (Å²) >= 11 is 0. The van der Waals surface area contributed by atoms with Crippen molar-refractivity contribution in [1.82, 2.24) is 10.2 Å². The van der Waals surface area contributed by atoms with E-state index in [9.17, 15) is 18.8 Å². The highest BCUT2D eigenvalue weighted by molar-refractivity contribution is 5.97. The quantitative estimate of drug-likeness (QED) is 0.554. The smallest absolute Gasteiger partial charge is 0.247 e. The maximum atomic E-state index is 13.1. The number of piperidine rings is 1. The zero-order chi connectivity index (χ0) is 24.7. The summed E-state index contributed by atoms with van der Waals surface area (Å²) < 4.78 is 13.1. The molecule has 8 heteroatoms. The van der Waals surface area contributed by atoms with Crippen molar-refractivity contribution in [2.45, 2.75) is 45.2 Å². The van der Waals surface area contributed by atoms with Gasteiger partial charge in [-0.25, -0.2) is 4.39 Å². The van der Waals surface area contributed by atoms with Gasteiger partial charge in [0.15, 0.2) is 0 Å². The molecule has 0 radical (unpaired) electrons. The van der Waals surface area contributed by atoms with E-state index in [1.54, 1.807) is 4.90 Å². The normalized spacial score (nSPS) is 16.1. The van der Waals surface area contributed by atoms with Crippen LogP contribution in [0.5, 0.6) is 0 Å². The van der Waals surface area contributed by atoms with E-state index in [0.717, 1.165) is 5.56 Å². The Kier molecular flexibility index (Phi) is 8.76. The molecule has 2 aromatic rings. The average Bonchev–Trinajstić information content (AvgIpc) is 2.83. The molecule has 182 valence electrons. The molecule has 0 bridgehead atoms. The van der Waals surface area contributed by atoms with Gasteiger partial charge in [-0.15, -0.1) is 0 Å². The SMILES string of the molecule is CC(C)C(NC(=O)C1CCN(C(=O)C(N)Cc2ccccc2)CC1)C(=O)Nc1ccc(F)cc1. The molecular weight excluding hydrogens is 435 g/mol. The van der Waals surface area contributed by atoms with Gasteiger partial charge in [0, 0.05) is 24.7 Å². The van der Waals surface area contributed by atoms with Crippen LogP contribution >= 0.6 is 0 Å². The molecule has 2 aromatic carbocycles. The highest BCUT2D eigenvalue weighted by atomic mass is 19.1. The van der Waals surface area contributed by atoms with Crippen LogP contribution in [0.4, 0.5) is 10.1 Å². The number of nitrogens with two attached hydrogens (primary N) is 1. The Morgan fingerprint density at radius 3 is 2.24 bits per heavy atom. The fourth-order valence-electron chi connectivity index (χ4n) is 4.11. The third-order valence-corrected chi connectivity index (χ3v) is 6.15. The van der Waals surface area contributed by atoms with Gasteiger partial charge in [-0.3, -0.25) is 14.4 Å². The second-order valence-electron chi connectivity index (χ2n) is 9.12. The fourth-order valence-corrected chi connectivity index (χ4v) is 4.11. The van der Waals surface area contributed by atoms with Crippen molar-refractivity contribution in [2.75, 3.05) is 18.4 Å². The van der Waals surface area contributed by atoms with Gasteiger partial charge >= 0.3 is 0 Å². The number of nitrogens with zero attached hydrogens (tertiary/aromatic N) is 1. The lowest BCUT2D eigenvalue weighted by atomic mass is 9.93. The molecule has 1 saturated heterocycles. The minimum absolute atomic E-state index is 0.110. The first-order chi connectivity index (χ1) is 16.2. The van der Waals surface area contributed by atoms with Gasteiger partial charge in [-0.1, -0.05) is 44.2 Å². The standard InChI is InChI=1S/C26H33FN4O3/c1-17(2)23(25(33)29-21-10-8-20(27)9-11-21)30-24(32)19-12-14-31(15-13-19)26(34)22(28)16-18-6-4-3-5-7-18/h3-11,17,19,22-23H,12-16,28H2,1-2H3,(H,29,33)(H,30,32). The van der Waals surface area contributed by atoms with Crippen molar-refractivity contribution in [3.8, 4) is 0 Å². The van der Waals surface area contributed by atoms with Gasteiger partial charge in [-0.2, -0.15) is 0 Å². The molecule has 7 nitrogen and oxygen atoms in total. The Morgan fingerprint density at radius 1 is 1.03 bits per heavy atom. The average molecular weight is 469 g/mol. The molecule has 3 rings (SSSR count). The maximum absolute atomic E-state index is 13.1. The summed E-state index contributed by atoms with van der Waals surface area (Å²) in [4.78, 5) is 40.1. The molecule has 0 spiro atoms. The number of amides is 3. The topological polar surface area (TPSA) is 105 Å². The van der Waals surface area contributed by atoms with Crippen molar-refractivity contribution in [3.63, 3.8) is 0 Å². The van der Waals surface area contributed by atoms with Crippen LogP contribution in [0, 0.1) is 17.7 Å². The van der Waals surface area contributed by atoms with E-state index < -0.39 is 17.9 Å². The Balaban J connectivity index is 1.50. The van der Waals surface area contributed by atoms with Crippen molar-refractivity contribution in [2.24, 2.45) is 17.6 Å². The summed E-state index contributed by atoms with van der Waals surface area (Å²) in [6.45, 7) is 4.61. The largest absolute Gasteiger partial charge is 0.344 e. The lowest BCUT2D eigenvalue weighted by Crippen LogP contribution is -2.52. The van der Waals surface area contributed by atoms with Gasteiger partial charge in [0.05, 0.1) is 6.04 Å². The first-order valence-corrected chi connectivity index (χ1v) is 11.7. The molecular formula is C26H33FN4O3. The van der Waals surface area contributed by atoms with Crippen LogP contribution in [-0.2, 0) is 20.8 Å². The Morgan fingerprint density at radius 2 is 1.65 bits per heavy atom. The summed E-state index contributed by atoms with van der Waals surface area (Å²) in [5.41, 5.74) is 7.62. The van der Waals surface area contributed by atoms with E-state index >= 15 is 0 Å². The highest BCUT2D eigenvalue weighted by Gasteiger charge is 2.32. The zero-order valence-electron chi connectivity index (χ0n) is 19.7. The molecule has 0 aromatic heterocycles.